The predicted octanol–water partition coefficient (Wildman–Crippen LogP) is 7.56. The van der Waals surface area contributed by atoms with Crippen LogP contribution in [-0.4, -0.2) is 161 Å². The number of hydrogen-bond acceptors (Lipinski definition) is 16. The molecule has 396 valence electrons. The highest BCUT2D eigenvalue weighted by atomic mass is 35.5. The van der Waals surface area contributed by atoms with Crippen LogP contribution >= 0.6 is 23.2 Å². The lowest BCUT2D eigenvalue weighted by Crippen LogP contribution is -2.63. The molecule has 6 heterocycles. The van der Waals surface area contributed by atoms with E-state index >= 15 is 0 Å². The number of halogens is 2. The van der Waals surface area contributed by atoms with Gasteiger partial charge in [-0.3, -0.25) is 10.1 Å². The predicted molar refractivity (Wildman–Crippen MR) is 262 cm³/mol. The maximum absolute atomic E-state index is 12.5. The first-order valence-electron chi connectivity index (χ1n) is 23.8. The number of methoxy groups -OCH3 is 2. The minimum Gasteiger partial charge on any atom is -0.443 e. The van der Waals surface area contributed by atoms with E-state index in [-0.39, 0.29) is 89.0 Å². The molecule has 1 aromatic carbocycles. The van der Waals surface area contributed by atoms with Crippen LogP contribution in [0.1, 0.15) is 88.5 Å². The number of likely N-dealkylation sites (tertiary alicyclic amines) is 1. The molecule has 0 radical (unpaired) electrons. The number of carbonyl (C=O) groups excluding carboxylic acids is 2. The Morgan fingerprint density at radius 1 is 0.814 bits per heavy atom. The van der Waals surface area contributed by atoms with E-state index in [1.807, 2.05) is 6.92 Å². The molecule has 18 nitrogen and oxygen atoms in total. The molecule has 3 N–H and O–H groups in total. The van der Waals surface area contributed by atoms with Gasteiger partial charge in [0.2, 0.25) is 0 Å². The standard InChI is InChI=1S/C23H29NO8.C21H33NO6.C4H9NO.CH2Cl2.CH4/c1-14(2)5-10-18-22(3,32-18)20-19(28-4)17(11-12-23(20)13-29-23)31-21(25)30-16-8-6-15(7-9-16)24(26)27;1-13(2)6-7-15-20(4,28-15)17-16(25-5)14(8-9-21(17)12-26-21)27-18(23)22-10-19(3,24)11-22;1-4(6)2-5-3-4;2-1-3;/h5-10,14,17-20H,11-13H2,1-4H3;6-7,13-17,24H,8-12H2,1-5H3;5-6H,2-3H2,1H3;1H2;1H4/b10-5+;7-6+;;;/t17-,18-,19-,20?,22-,23+;14-,15-,16-,17?,20-,21+;;;/m11.../s1. The first-order valence-corrected chi connectivity index (χ1v) is 24.9. The number of alkyl halides is 2. The monoisotopic (exact) mass is 1030 g/mol. The fourth-order valence-electron chi connectivity index (χ4n) is 10.4. The van der Waals surface area contributed by atoms with Crippen LogP contribution < -0.4 is 10.1 Å². The van der Waals surface area contributed by atoms with Gasteiger partial charge in [0.1, 0.15) is 64.8 Å². The van der Waals surface area contributed by atoms with Crippen molar-refractivity contribution in [1.29, 1.82) is 0 Å². The van der Waals surface area contributed by atoms with Crippen molar-refractivity contribution in [2.24, 2.45) is 23.7 Å². The largest absolute Gasteiger partial charge is 0.514 e. The highest BCUT2D eigenvalue weighted by molar-refractivity contribution is 6.40. The van der Waals surface area contributed by atoms with E-state index in [1.54, 1.807) is 21.1 Å². The third kappa shape index (κ3) is 13.7. The zero-order chi connectivity index (χ0) is 50.7. The molecular formula is C50H77Cl2N3O15. The second-order valence-corrected chi connectivity index (χ2v) is 21.9. The van der Waals surface area contributed by atoms with Gasteiger partial charge in [-0.1, -0.05) is 59.4 Å². The molecule has 0 bridgehead atoms. The quantitative estimate of drug-likeness (QED) is 0.0349. The Labute approximate surface area is 423 Å². The number of β-amino-alcohol motifs (C(OH)–C–C–N with tert-alkyl or cyclic N) is 2. The van der Waals surface area contributed by atoms with Crippen LogP contribution in [0, 0.1) is 33.8 Å². The molecule has 2 aliphatic carbocycles. The molecule has 6 saturated heterocycles. The summed E-state index contributed by atoms with van der Waals surface area (Å²) in [7, 11) is 3.26. The van der Waals surface area contributed by atoms with Gasteiger partial charge < -0.3 is 63.1 Å². The summed E-state index contributed by atoms with van der Waals surface area (Å²) in [5, 5.41) is 32.6. The average Bonchev–Trinajstić information content (AvgIpc) is 4.15. The van der Waals surface area contributed by atoms with Crippen molar-refractivity contribution in [3.63, 3.8) is 0 Å². The number of carbonyl (C=O) groups is 2. The molecule has 0 aromatic heterocycles. The van der Waals surface area contributed by atoms with Gasteiger partial charge in [0.25, 0.3) is 5.69 Å². The SMILES string of the molecule is C.CC1(O)CNC1.CO[C@H]1C([C@]2(C)O[C@@H]2/C=C/C(C)C)[C@]2(CC[C@H]1OC(=O)N1CC(C)(O)C1)CO2.CO[C@H]1C([C@]2(C)O[C@@H]2/C=C/C(C)C)[C@]2(CC[C@H]1OC(=O)Oc1ccc([N+](=O)[O-])cc1)CO2.ClCCl. The van der Waals surface area contributed by atoms with Crippen LogP contribution in [0.5, 0.6) is 5.75 Å². The lowest BCUT2D eigenvalue weighted by molar-refractivity contribution is -0.384. The Balaban J connectivity index is 0.000000220. The molecular weight excluding hydrogens is 953 g/mol. The summed E-state index contributed by atoms with van der Waals surface area (Å²) in [6.45, 7) is 19.7. The van der Waals surface area contributed by atoms with E-state index in [0.717, 1.165) is 25.9 Å². The van der Waals surface area contributed by atoms with Crippen molar-refractivity contribution in [2.75, 3.05) is 59.0 Å². The topological polar surface area (TPSA) is 229 Å². The minimum atomic E-state index is -0.879. The molecule has 2 unspecified atom stereocenters. The second-order valence-electron chi connectivity index (χ2n) is 21.1. The number of benzene rings is 1. The number of hydrogen-bond donors (Lipinski definition) is 3. The molecule has 70 heavy (non-hydrogen) atoms. The molecule has 1 aromatic rings. The van der Waals surface area contributed by atoms with Crippen molar-refractivity contribution >= 4 is 41.1 Å². The lowest BCUT2D eigenvalue weighted by Gasteiger charge is -2.46. The van der Waals surface area contributed by atoms with Crippen molar-refractivity contribution in [2.45, 2.75) is 159 Å². The molecule has 8 fully saturated rings. The van der Waals surface area contributed by atoms with Gasteiger partial charge in [0.05, 0.1) is 59.6 Å². The van der Waals surface area contributed by atoms with Crippen molar-refractivity contribution in [3.05, 3.63) is 58.7 Å². The number of amides is 1. The zero-order valence-corrected chi connectivity index (χ0v) is 43.0. The van der Waals surface area contributed by atoms with E-state index < -0.39 is 34.5 Å². The Kier molecular flexibility index (Phi) is 18.9. The number of non-ortho nitro benzene ring substituents is 1. The van der Waals surface area contributed by atoms with Crippen LogP contribution in [0.15, 0.2) is 48.6 Å². The van der Waals surface area contributed by atoms with E-state index in [9.17, 15) is 24.8 Å². The van der Waals surface area contributed by atoms with Gasteiger partial charge in [-0.05, 0) is 77.3 Å². The molecule has 2 spiro atoms. The number of nitrogens with zero attached hydrogens (tertiary/aromatic N) is 2. The summed E-state index contributed by atoms with van der Waals surface area (Å²) in [4.78, 5) is 36.7. The molecule has 2 saturated carbocycles. The van der Waals surface area contributed by atoms with Crippen LogP contribution in [0.25, 0.3) is 0 Å². The van der Waals surface area contributed by atoms with Crippen LogP contribution in [0.3, 0.4) is 0 Å². The van der Waals surface area contributed by atoms with E-state index in [2.05, 4.69) is 71.2 Å². The normalized spacial score (nSPS) is 36.7. The van der Waals surface area contributed by atoms with Crippen molar-refractivity contribution < 1.29 is 67.4 Å². The van der Waals surface area contributed by atoms with Crippen LogP contribution in [-0.2, 0) is 37.9 Å². The maximum Gasteiger partial charge on any atom is 0.514 e. The number of ether oxygens (including phenoxy) is 9. The Morgan fingerprint density at radius 2 is 1.23 bits per heavy atom. The Morgan fingerprint density at radius 3 is 1.56 bits per heavy atom. The smallest absolute Gasteiger partial charge is 0.443 e. The molecule has 12 atom stereocenters. The fraction of sp³-hybridized carbons (Fsp3) is 0.760. The van der Waals surface area contributed by atoms with E-state index in [0.29, 0.717) is 51.0 Å². The number of nitrogens with one attached hydrogen (secondary N) is 1. The van der Waals surface area contributed by atoms with Crippen LogP contribution in [0.2, 0.25) is 0 Å². The summed E-state index contributed by atoms with van der Waals surface area (Å²) in [6, 6.07) is 5.24. The van der Waals surface area contributed by atoms with Crippen LogP contribution in [0.4, 0.5) is 15.3 Å². The number of allylic oxidation sites excluding steroid dienone is 2. The minimum absolute atomic E-state index is 0. The van der Waals surface area contributed by atoms with Gasteiger partial charge in [0, 0.05) is 39.4 Å². The van der Waals surface area contributed by atoms with Crippen molar-refractivity contribution in [3.8, 4) is 5.75 Å². The second kappa shape index (κ2) is 23.0. The molecule has 6 aliphatic heterocycles. The highest BCUT2D eigenvalue weighted by Crippen LogP contribution is 2.60. The van der Waals surface area contributed by atoms with E-state index in [4.69, 9.17) is 70.9 Å². The summed E-state index contributed by atoms with van der Waals surface area (Å²) < 4.78 is 52.4. The van der Waals surface area contributed by atoms with E-state index in [1.165, 1.54) is 29.2 Å². The summed E-state index contributed by atoms with van der Waals surface area (Å²) in [5.74, 6) is 0.946. The van der Waals surface area contributed by atoms with Gasteiger partial charge in [-0.15, -0.1) is 23.2 Å². The third-order valence-corrected chi connectivity index (χ3v) is 14.2. The summed E-state index contributed by atoms with van der Waals surface area (Å²) >= 11 is 9.53. The first kappa shape index (κ1) is 57.8. The van der Waals surface area contributed by atoms with Crippen molar-refractivity contribution in [1.82, 2.24) is 10.2 Å². The molecule has 9 rings (SSSR count). The summed E-state index contributed by atoms with van der Waals surface area (Å²) in [6.07, 6.45) is 8.47. The van der Waals surface area contributed by atoms with Gasteiger partial charge in [-0.2, -0.15) is 0 Å². The summed E-state index contributed by atoms with van der Waals surface area (Å²) in [5.41, 5.74) is -2.70. The number of aliphatic hydroxyl groups is 2. The molecule has 1 amide bonds. The van der Waals surface area contributed by atoms with Gasteiger partial charge >= 0.3 is 12.2 Å². The van der Waals surface area contributed by atoms with Gasteiger partial charge in [-0.25, -0.2) is 9.59 Å². The lowest BCUT2D eigenvalue weighted by atomic mass is 9.68. The maximum atomic E-state index is 12.5. The number of nitro groups is 1. The fourth-order valence-corrected chi connectivity index (χ4v) is 10.4. The molecule has 20 heteroatoms. The zero-order valence-electron chi connectivity index (χ0n) is 41.5. The Bertz CT molecular complexity index is 1980. The Hall–Kier alpha value is -3.14. The first-order chi connectivity index (χ1) is 32.4. The molecule has 8 aliphatic rings. The number of rotatable bonds is 12. The van der Waals surface area contributed by atoms with Gasteiger partial charge in [0.15, 0.2) is 0 Å². The number of nitro benzene ring substituents is 1. The highest BCUT2D eigenvalue weighted by Gasteiger charge is 2.73. The number of epoxide rings is 4. The average molecular weight is 1030 g/mol. The third-order valence-electron chi connectivity index (χ3n) is 14.2.